The van der Waals surface area contributed by atoms with Crippen LogP contribution < -0.4 is 4.74 Å². The maximum absolute atomic E-state index is 6.22. The molecule has 0 amide bonds. The molecule has 0 radical (unpaired) electrons. The van der Waals surface area contributed by atoms with Gasteiger partial charge in [0.1, 0.15) is 17.3 Å². The fourth-order valence-electron chi connectivity index (χ4n) is 3.65. The van der Waals surface area contributed by atoms with Gasteiger partial charge in [0.25, 0.3) is 0 Å². The molecule has 1 fully saturated rings. The van der Waals surface area contributed by atoms with Crippen molar-refractivity contribution in [3.05, 3.63) is 70.1 Å². The van der Waals surface area contributed by atoms with Crippen LogP contribution in [0, 0.1) is 6.92 Å². The van der Waals surface area contributed by atoms with Crippen molar-refractivity contribution in [2.24, 2.45) is 0 Å². The van der Waals surface area contributed by atoms with Crippen LogP contribution in [0.15, 0.2) is 48.7 Å². The average Bonchev–Trinajstić information content (AvgIpc) is 3.11. The van der Waals surface area contributed by atoms with Gasteiger partial charge in [-0.25, -0.2) is 9.97 Å². The van der Waals surface area contributed by atoms with Crippen LogP contribution in [0.25, 0.3) is 11.3 Å². The molecule has 1 saturated heterocycles. The Hall–Kier alpha value is -2.14. The molecular weight excluding hydrogens is 393 g/mol. The lowest BCUT2D eigenvalue weighted by Crippen LogP contribution is -2.18. The Labute approximate surface area is 175 Å². The molecule has 0 aliphatic carbocycles. The fraction of sp³-hybridized carbons (Fsp3) is 0.273. The van der Waals surface area contributed by atoms with Crippen LogP contribution in [-0.2, 0) is 0 Å². The SMILES string of the molecule is Cc1nccc(-c2ccc(Oc3ccc(Cl)c(Cl)c3)c(C3CCCN3C)c2)n1. The highest BCUT2D eigenvalue weighted by Gasteiger charge is 2.26. The summed E-state index contributed by atoms with van der Waals surface area (Å²) in [5, 5.41) is 0.992. The smallest absolute Gasteiger partial charge is 0.132 e. The first-order chi connectivity index (χ1) is 13.5. The van der Waals surface area contributed by atoms with E-state index >= 15 is 0 Å². The first-order valence-corrected chi connectivity index (χ1v) is 10.0. The largest absolute Gasteiger partial charge is 0.457 e. The van der Waals surface area contributed by atoms with Crippen LogP contribution in [-0.4, -0.2) is 28.5 Å². The van der Waals surface area contributed by atoms with E-state index in [9.17, 15) is 0 Å². The number of ether oxygens (including phenoxy) is 1. The van der Waals surface area contributed by atoms with Gasteiger partial charge in [0.05, 0.1) is 15.7 Å². The standard InChI is InChI=1S/C22H21Cl2N3O/c1-14-25-10-9-20(26-14)15-5-8-22(17(12-15)21-4-3-11-27(21)2)28-16-6-7-18(23)19(24)13-16/h5-10,12-13,21H,3-4,11H2,1-2H3. The molecule has 4 nitrogen and oxygen atoms in total. The fourth-order valence-corrected chi connectivity index (χ4v) is 3.94. The molecule has 0 saturated carbocycles. The number of rotatable bonds is 4. The van der Waals surface area contributed by atoms with Crippen molar-refractivity contribution >= 4 is 23.2 Å². The average molecular weight is 414 g/mol. The molecule has 6 heteroatoms. The molecule has 4 rings (SSSR count). The monoisotopic (exact) mass is 413 g/mol. The summed E-state index contributed by atoms with van der Waals surface area (Å²) in [6, 6.07) is 13.8. The van der Waals surface area contributed by atoms with Crippen molar-refractivity contribution in [1.82, 2.24) is 14.9 Å². The van der Waals surface area contributed by atoms with Gasteiger partial charge in [-0.1, -0.05) is 23.2 Å². The second-order valence-electron chi connectivity index (χ2n) is 7.06. The molecule has 2 heterocycles. The van der Waals surface area contributed by atoms with E-state index < -0.39 is 0 Å². The molecule has 2 aromatic carbocycles. The van der Waals surface area contributed by atoms with Crippen LogP contribution in [0.3, 0.4) is 0 Å². The number of benzene rings is 2. The highest BCUT2D eigenvalue weighted by atomic mass is 35.5. The van der Waals surface area contributed by atoms with E-state index in [-0.39, 0.29) is 0 Å². The van der Waals surface area contributed by atoms with Crippen LogP contribution in [0.2, 0.25) is 10.0 Å². The van der Waals surface area contributed by atoms with Crippen LogP contribution in [0.4, 0.5) is 0 Å². The number of aryl methyl sites for hydroxylation is 1. The summed E-state index contributed by atoms with van der Waals surface area (Å²) >= 11 is 12.2. The zero-order valence-electron chi connectivity index (χ0n) is 15.8. The van der Waals surface area contributed by atoms with Crippen molar-refractivity contribution in [2.45, 2.75) is 25.8 Å². The minimum Gasteiger partial charge on any atom is -0.457 e. The van der Waals surface area contributed by atoms with Gasteiger partial charge < -0.3 is 4.74 Å². The summed E-state index contributed by atoms with van der Waals surface area (Å²) in [5.41, 5.74) is 3.12. The maximum atomic E-state index is 6.22. The molecule has 0 bridgehead atoms. The molecule has 1 aliphatic heterocycles. The van der Waals surface area contributed by atoms with E-state index in [2.05, 4.69) is 28.0 Å². The van der Waals surface area contributed by atoms with E-state index in [0.29, 0.717) is 21.8 Å². The van der Waals surface area contributed by atoms with Crippen molar-refractivity contribution in [3.63, 3.8) is 0 Å². The molecule has 0 N–H and O–H groups in total. The van der Waals surface area contributed by atoms with E-state index in [4.69, 9.17) is 27.9 Å². The minimum absolute atomic E-state index is 0.306. The summed E-state index contributed by atoms with van der Waals surface area (Å²) < 4.78 is 6.22. The number of nitrogens with zero attached hydrogens (tertiary/aromatic N) is 3. The van der Waals surface area contributed by atoms with Gasteiger partial charge in [-0.05, 0) is 69.8 Å². The Bertz CT molecular complexity index is 1010. The summed E-state index contributed by atoms with van der Waals surface area (Å²) in [6.45, 7) is 2.98. The topological polar surface area (TPSA) is 38.2 Å². The Morgan fingerprint density at radius 2 is 1.93 bits per heavy atom. The second-order valence-corrected chi connectivity index (χ2v) is 7.87. The van der Waals surface area contributed by atoms with Gasteiger partial charge in [-0.3, -0.25) is 4.90 Å². The number of halogens is 2. The van der Waals surface area contributed by atoms with E-state index in [1.165, 1.54) is 6.42 Å². The number of likely N-dealkylation sites (tertiary alicyclic amines) is 1. The molecule has 28 heavy (non-hydrogen) atoms. The van der Waals surface area contributed by atoms with Gasteiger partial charge >= 0.3 is 0 Å². The predicted molar refractivity (Wildman–Crippen MR) is 113 cm³/mol. The van der Waals surface area contributed by atoms with E-state index in [1.54, 1.807) is 18.3 Å². The second kappa shape index (κ2) is 8.08. The van der Waals surface area contributed by atoms with Crippen molar-refractivity contribution < 1.29 is 4.74 Å². The van der Waals surface area contributed by atoms with Gasteiger partial charge in [-0.15, -0.1) is 0 Å². The van der Waals surface area contributed by atoms with Crippen LogP contribution in [0.5, 0.6) is 11.5 Å². The Balaban J connectivity index is 1.75. The zero-order valence-corrected chi connectivity index (χ0v) is 17.3. The number of aromatic nitrogens is 2. The van der Waals surface area contributed by atoms with Gasteiger partial charge in [0, 0.05) is 29.4 Å². The third-order valence-corrected chi connectivity index (χ3v) is 5.82. The van der Waals surface area contributed by atoms with Gasteiger partial charge in [-0.2, -0.15) is 0 Å². The lowest BCUT2D eigenvalue weighted by atomic mass is 9.99. The molecule has 1 aliphatic rings. The zero-order chi connectivity index (χ0) is 19.7. The first-order valence-electron chi connectivity index (χ1n) is 9.28. The van der Waals surface area contributed by atoms with Crippen molar-refractivity contribution in [3.8, 4) is 22.8 Å². The maximum Gasteiger partial charge on any atom is 0.132 e. The normalized spacial score (nSPS) is 17.1. The summed E-state index contributed by atoms with van der Waals surface area (Å²) in [4.78, 5) is 11.1. The summed E-state index contributed by atoms with van der Waals surface area (Å²) in [6.07, 6.45) is 4.06. The molecule has 1 atom stereocenters. The Kier molecular flexibility index (Phi) is 5.54. The van der Waals surface area contributed by atoms with E-state index in [0.717, 1.165) is 41.4 Å². The Morgan fingerprint density at radius 3 is 2.64 bits per heavy atom. The lowest BCUT2D eigenvalue weighted by Gasteiger charge is -2.23. The van der Waals surface area contributed by atoms with E-state index in [1.807, 2.05) is 31.2 Å². The molecular formula is C22H21Cl2N3O. The van der Waals surface area contributed by atoms with Crippen molar-refractivity contribution in [2.75, 3.05) is 13.6 Å². The molecule has 0 spiro atoms. The van der Waals surface area contributed by atoms with Crippen LogP contribution >= 0.6 is 23.2 Å². The van der Waals surface area contributed by atoms with Crippen LogP contribution in [0.1, 0.15) is 30.3 Å². The molecule has 3 aromatic rings. The third kappa shape index (κ3) is 4.00. The number of hydrogen-bond donors (Lipinski definition) is 0. The third-order valence-electron chi connectivity index (χ3n) is 5.08. The predicted octanol–water partition coefficient (Wildman–Crippen LogP) is 6.32. The molecule has 1 unspecified atom stereocenters. The molecule has 1 aromatic heterocycles. The van der Waals surface area contributed by atoms with Crippen molar-refractivity contribution in [1.29, 1.82) is 0 Å². The summed E-state index contributed by atoms with van der Waals surface area (Å²) in [7, 11) is 2.15. The number of hydrogen-bond acceptors (Lipinski definition) is 4. The summed E-state index contributed by atoms with van der Waals surface area (Å²) in [5.74, 6) is 2.25. The Morgan fingerprint density at radius 1 is 1.07 bits per heavy atom. The van der Waals surface area contributed by atoms with Gasteiger partial charge in [0.15, 0.2) is 0 Å². The highest BCUT2D eigenvalue weighted by Crippen LogP contribution is 2.40. The lowest BCUT2D eigenvalue weighted by molar-refractivity contribution is 0.310. The van der Waals surface area contributed by atoms with Gasteiger partial charge in [0.2, 0.25) is 0 Å². The molecule has 144 valence electrons. The first kappa shape index (κ1) is 19.2. The quantitative estimate of drug-likeness (QED) is 0.501. The minimum atomic E-state index is 0.306. The highest BCUT2D eigenvalue weighted by molar-refractivity contribution is 6.42.